The molecule has 0 saturated heterocycles. The monoisotopic (exact) mass is 452 g/mol. The van der Waals surface area contributed by atoms with E-state index in [-0.39, 0.29) is 29.9 Å². The van der Waals surface area contributed by atoms with Gasteiger partial charge in [0.1, 0.15) is 0 Å². The molecule has 1 aromatic carbocycles. The van der Waals surface area contributed by atoms with Crippen LogP contribution >= 0.6 is 35.6 Å². The first-order valence-corrected chi connectivity index (χ1v) is 8.09. The van der Waals surface area contributed by atoms with Gasteiger partial charge in [-0.05, 0) is 18.6 Å². The Morgan fingerprint density at radius 3 is 2.57 bits per heavy atom. The molecule has 0 spiro atoms. The number of nitrogens with zero attached hydrogens (tertiary/aromatic N) is 1. The Morgan fingerprint density at radius 2 is 1.87 bits per heavy atom. The Labute approximate surface area is 160 Å². The van der Waals surface area contributed by atoms with Gasteiger partial charge in [-0.25, -0.2) is 0 Å². The van der Waals surface area contributed by atoms with Gasteiger partial charge in [0.05, 0.1) is 10.6 Å². The number of amides is 1. The predicted molar refractivity (Wildman–Crippen MR) is 108 cm³/mol. The fourth-order valence-electron chi connectivity index (χ4n) is 1.90. The second-order valence-electron chi connectivity index (χ2n) is 4.99. The van der Waals surface area contributed by atoms with Gasteiger partial charge in [0.25, 0.3) is 5.91 Å². The van der Waals surface area contributed by atoms with Crippen molar-refractivity contribution in [1.29, 1.82) is 0 Å². The van der Waals surface area contributed by atoms with Gasteiger partial charge in [-0.2, -0.15) is 0 Å². The third-order valence-electron chi connectivity index (χ3n) is 3.13. The Balaban J connectivity index is 0.00000484. The number of benzene rings is 1. The summed E-state index contributed by atoms with van der Waals surface area (Å²) < 4.78 is 0. The molecule has 0 unspecified atom stereocenters. The lowest BCUT2D eigenvalue weighted by molar-refractivity contribution is 0.0954. The van der Waals surface area contributed by atoms with E-state index in [0.29, 0.717) is 29.6 Å². The summed E-state index contributed by atoms with van der Waals surface area (Å²) in [6.07, 6.45) is 4.68. The number of carbonyl (C=O) groups excluding carboxylic acids is 1. The van der Waals surface area contributed by atoms with Crippen LogP contribution in [0.3, 0.4) is 0 Å². The van der Waals surface area contributed by atoms with Gasteiger partial charge in [0.15, 0.2) is 5.96 Å². The largest absolute Gasteiger partial charge is 0.370 e. The van der Waals surface area contributed by atoms with Gasteiger partial charge < -0.3 is 16.4 Å². The number of nitrogens with one attached hydrogen (secondary N) is 2. The Hall–Kier alpha value is -1.02. The minimum Gasteiger partial charge on any atom is -0.370 e. The number of unbranched alkanes of at least 4 members (excludes halogenated alkanes) is 3. The van der Waals surface area contributed by atoms with Gasteiger partial charge in [0, 0.05) is 19.6 Å². The lowest BCUT2D eigenvalue weighted by Crippen LogP contribution is -2.38. The maximum Gasteiger partial charge on any atom is 0.252 e. The van der Waals surface area contributed by atoms with E-state index in [1.54, 1.807) is 24.3 Å². The second kappa shape index (κ2) is 13.4. The highest BCUT2D eigenvalue weighted by atomic mass is 127. The van der Waals surface area contributed by atoms with Crippen molar-refractivity contribution in [2.45, 2.75) is 32.6 Å². The maximum absolute atomic E-state index is 11.9. The van der Waals surface area contributed by atoms with Crippen molar-refractivity contribution >= 4 is 47.4 Å². The lowest BCUT2D eigenvalue weighted by atomic mass is 10.2. The molecule has 0 fully saturated rings. The molecule has 0 aromatic heterocycles. The van der Waals surface area contributed by atoms with Gasteiger partial charge in [-0.3, -0.25) is 9.79 Å². The number of nitrogens with two attached hydrogens (primary N) is 1. The first kappa shape index (κ1) is 22.0. The van der Waals surface area contributed by atoms with Gasteiger partial charge in [0.2, 0.25) is 0 Å². The summed E-state index contributed by atoms with van der Waals surface area (Å²) in [6, 6.07) is 6.95. The minimum absolute atomic E-state index is 0. The first-order valence-electron chi connectivity index (χ1n) is 7.71. The molecule has 0 aliphatic rings. The zero-order chi connectivity index (χ0) is 16.2. The van der Waals surface area contributed by atoms with Crippen molar-refractivity contribution in [2.24, 2.45) is 10.7 Å². The molecule has 0 saturated carbocycles. The van der Waals surface area contributed by atoms with Crippen LogP contribution < -0.4 is 16.4 Å². The van der Waals surface area contributed by atoms with Crippen LogP contribution in [0.1, 0.15) is 43.0 Å². The van der Waals surface area contributed by atoms with E-state index in [0.717, 1.165) is 13.0 Å². The van der Waals surface area contributed by atoms with Crippen LogP contribution in [0.4, 0.5) is 0 Å². The molecule has 7 heteroatoms. The zero-order valence-corrected chi connectivity index (χ0v) is 16.6. The second-order valence-corrected chi connectivity index (χ2v) is 5.40. The van der Waals surface area contributed by atoms with E-state index in [1.165, 1.54) is 19.3 Å². The minimum atomic E-state index is -0.192. The average Bonchev–Trinajstić information content (AvgIpc) is 2.51. The molecule has 0 atom stereocenters. The number of guanidine groups is 1. The summed E-state index contributed by atoms with van der Waals surface area (Å²) in [5, 5.41) is 6.20. The van der Waals surface area contributed by atoms with E-state index in [4.69, 9.17) is 17.3 Å². The van der Waals surface area contributed by atoms with Crippen molar-refractivity contribution in [2.75, 3.05) is 19.6 Å². The van der Waals surface area contributed by atoms with Crippen LogP contribution in [0.15, 0.2) is 29.3 Å². The molecule has 130 valence electrons. The molecule has 1 rings (SSSR count). The van der Waals surface area contributed by atoms with Crippen LogP contribution in [0.5, 0.6) is 0 Å². The topological polar surface area (TPSA) is 79.5 Å². The van der Waals surface area contributed by atoms with Crippen molar-refractivity contribution in [3.8, 4) is 0 Å². The third kappa shape index (κ3) is 9.65. The number of aliphatic imine (C=N–C) groups is 1. The van der Waals surface area contributed by atoms with Crippen molar-refractivity contribution in [1.82, 2.24) is 10.6 Å². The van der Waals surface area contributed by atoms with Gasteiger partial charge >= 0.3 is 0 Å². The van der Waals surface area contributed by atoms with E-state index >= 15 is 0 Å². The number of carbonyl (C=O) groups is 1. The fraction of sp³-hybridized carbons (Fsp3) is 0.500. The Kier molecular flexibility index (Phi) is 12.8. The third-order valence-corrected chi connectivity index (χ3v) is 3.46. The lowest BCUT2D eigenvalue weighted by Gasteiger charge is -2.08. The molecule has 23 heavy (non-hydrogen) atoms. The molecular formula is C16H26ClIN4O. The van der Waals surface area contributed by atoms with Crippen LogP contribution in [0.2, 0.25) is 5.02 Å². The highest BCUT2D eigenvalue weighted by Crippen LogP contribution is 2.14. The normalized spacial score (nSPS) is 10.8. The molecule has 0 aliphatic heterocycles. The SMILES string of the molecule is CCCCCCN=C(N)NCCNC(=O)c1ccccc1Cl.I. The van der Waals surface area contributed by atoms with Crippen molar-refractivity contribution in [3.63, 3.8) is 0 Å². The average molecular weight is 453 g/mol. The molecular weight excluding hydrogens is 427 g/mol. The number of hydrogen-bond acceptors (Lipinski definition) is 2. The van der Waals surface area contributed by atoms with Gasteiger partial charge in [-0.15, -0.1) is 24.0 Å². The van der Waals surface area contributed by atoms with Crippen LogP contribution in [-0.2, 0) is 0 Å². The Bertz CT molecular complexity index is 497. The summed E-state index contributed by atoms with van der Waals surface area (Å²) >= 11 is 5.96. The van der Waals surface area contributed by atoms with Crippen molar-refractivity contribution in [3.05, 3.63) is 34.9 Å². The van der Waals surface area contributed by atoms with E-state index in [1.807, 2.05) is 0 Å². The number of halogens is 2. The van der Waals surface area contributed by atoms with E-state index in [2.05, 4.69) is 22.5 Å². The summed E-state index contributed by atoms with van der Waals surface area (Å²) in [5.41, 5.74) is 6.22. The maximum atomic E-state index is 11.9. The summed E-state index contributed by atoms with van der Waals surface area (Å²) in [4.78, 5) is 16.1. The first-order chi connectivity index (χ1) is 10.6. The molecule has 0 aliphatic carbocycles. The number of hydrogen-bond donors (Lipinski definition) is 3. The highest BCUT2D eigenvalue weighted by Gasteiger charge is 2.08. The molecule has 1 amide bonds. The standard InChI is InChI=1S/C16H25ClN4O.HI/c1-2-3-4-7-10-20-16(18)21-12-11-19-15(22)13-8-5-6-9-14(13)17;/h5-6,8-9H,2-4,7,10-12H2,1H3,(H,19,22)(H3,18,20,21);1H. The molecule has 5 nitrogen and oxygen atoms in total. The quantitative estimate of drug-likeness (QED) is 0.233. The van der Waals surface area contributed by atoms with Gasteiger partial charge in [-0.1, -0.05) is 49.9 Å². The molecule has 0 radical (unpaired) electrons. The van der Waals surface area contributed by atoms with E-state index < -0.39 is 0 Å². The van der Waals surface area contributed by atoms with E-state index in [9.17, 15) is 4.79 Å². The predicted octanol–water partition coefficient (Wildman–Crippen LogP) is 3.17. The highest BCUT2D eigenvalue weighted by molar-refractivity contribution is 14.0. The Morgan fingerprint density at radius 1 is 1.17 bits per heavy atom. The molecule has 1 aromatic rings. The summed E-state index contributed by atoms with van der Waals surface area (Å²) in [6.45, 7) is 3.90. The smallest absolute Gasteiger partial charge is 0.252 e. The van der Waals surface area contributed by atoms with Crippen LogP contribution in [0.25, 0.3) is 0 Å². The number of rotatable bonds is 9. The summed E-state index contributed by atoms with van der Waals surface area (Å²) in [7, 11) is 0. The molecule has 0 bridgehead atoms. The molecule has 4 N–H and O–H groups in total. The summed E-state index contributed by atoms with van der Waals surface area (Å²) in [5.74, 6) is 0.228. The van der Waals surface area contributed by atoms with Crippen LogP contribution in [-0.4, -0.2) is 31.5 Å². The van der Waals surface area contributed by atoms with Crippen LogP contribution in [0, 0.1) is 0 Å². The van der Waals surface area contributed by atoms with Crippen molar-refractivity contribution < 1.29 is 4.79 Å². The zero-order valence-electron chi connectivity index (χ0n) is 13.5. The molecule has 0 heterocycles. The fourth-order valence-corrected chi connectivity index (χ4v) is 2.12.